The lowest BCUT2D eigenvalue weighted by Gasteiger charge is -2.10. The Morgan fingerprint density at radius 3 is 2.26 bits per heavy atom. The number of hydrogen-bond acceptors (Lipinski definition) is 6. The van der Waals surface area contributed by atoms with Crippen LogP contribution in [0.15, 0.2) is 47.4 Å². The topological polar surface area (TPSA) is 148 Å². The number of benzene rings is 2. The van der Waals surface area contributed by atoms with Crippen molar-refractivity contribution in [3.8, 4) is 0 Å². The van der Waals surface area contributed by atoms with E-state index in [1.807, 2.05) is 4.72 Å². The molecule has 3 amide bonds. The van der Waals surface area contributed by atoms with E-state index in [-0.39, 0.29) is 16.1 Å². The molecule has 0 unspecified atom stereocenters. The van der Waals surface area contributed by atoms with Gasteiger partial charge in [0, 0.05) is 24.9 Å². The van der Waals surface area contributed by atoms with Crippen molar-refractivity contribution in [2.45, 2.75) is 11.8 Å². The maximum Gasteiger partial charge on any atom is 0.318 e. The average Bonchev–Trinajstić information content (AvgIpc) is 2.61. The second-order valence-electron chi connectivity index (χ2n) is 5.42. The van der Waals surface area contributed by atoms with Gasteiger partial charge in [-0.1, -0.05) is 6.07 Å². The summed E-state index contributed by atoms with van der Waals surface area (Å²) in [5.74, 6) is -0.983. The maximum absolute atomic E-state index is 12.4. The summed E-state index contributed by atoms with van der Waals surface area (Å²) in [5.41, 5.74) is 0.297. The molecule has 0 heterocycles. The van der Waals surface area contributed by atoms with E-state index in [9.17, 15) is 28.1 Å². The Hall–Kier alpha value is -3.47. The van der Waals surface area contributed by atoms with Crippen molar-refractivity contribution >= 4 is 33.3 Å². The number of carbonyl (C=O) groups is 2. The highest BCUT2D eigenvalue weighted by Gasteiger charge is 2.21. The van der Waals surface area contributed by atoms with Gasteiger partial charge in [0.15, 0.2) is 0 Å². The minimum atomic E-state index is -4.21. The molecule has 0 fully saturated rings. The number of carbonyl (C=O) groups excluding carboxylic acids is 2. The molecule has 0 aromatic heterocycles. The number of aryl methyl sites for hydroxylation is 1. The average molecular weight is 392 g/mol. The van der Waals surface area contributed by atoms with E-state index >= 15 is 0 Å². The van der Waals surface area contributed by atoms with Gasteiger partial charge in [0.2, 0.25) is 0 Å². The fourth-order valence-corrected chi connectivity index (χ4v) is 3.08. The molecule has 0 aliphatic rings. The quantitative estimate of drug-likeness (QED) is 0.522. The van der Waals surface area contributed by atoms with Crippen LogP contribution in [0.25, 0.3) is 0 Å². The molecule has 0 radical (unpaired) electrons. The summed E-state index contributed by atoms with van der Waals surface area (Å²) in [7, 11) is -2.78. The van der Waals surface area contributed by atoms with Gasteiger partial charge in [0.1, 0.15) is 0 Å². The smallest absolute Gasteiger partial charge is 0.318 e. The molecule has 3 N–H and O–H groups in total. The van der Waals surface area contributed by atoms with Crippen LogP contribution in [-0.4, -0.2) is 32.3 Å². The number of anilines is 1. The molecule has 0 atom stereocenters. The molecule has 0 aliphatic carbocycles. The number of nitrogens with zero attached hydrogens (tertiary/aromatic N) is 1. The molecule has 10 nitrogen and oxygen atoms in total. The number of non-ortho nitro benzene ring substituents is 1. The molecule has 27 heavy (non-hydrogen) atoms. The van der Waals surface area contributed by atoms with Gasteiger partial charge in [-0.05, 0) is 36.8 Å². The Kier molecular flexibility index (Phi) is 5.75. The highest BCUT2D eigenvalue weighted by atomic mass is 32.2. The van der Waals surface area contributed by atoms with Crippen LogP contribution in [0.3, 0.4) is 0 Å². The summed E-state index contributed by atoms with van der Waals surface area (Å²) in [6.07, 6.45) is 0. The van der Waals surface area contributed by atoms with Crippen molar-refractivity contribution in [1.29, 1.82) is 0 Å². The van der Waals surface area contributed by atoms with E-state index in [2.05, 4.69) is 10.6 Å². The van der Waals surface area contributed by atoms with Gasteiger partial charge >= 0.3 is 6.03 Å². The van der Waals surface area contributed by atoms with Crippen LogP contribution in [-0.2, 0) is 10.0 Å². The minimum Gasteiger partial charge on any atom is -0.341 e. The monoisotopic (exact) mass is 392 g/mol. The standard InChI is InChI=1S/C16H16N4O6S/c1-10-3-6-12(20(23)24)9-14(10)15(21)19-27(25,26)13-7-4-11(5-8-13)18-16(22)17-2/h3-9H,1-2H3,(H,19,21)(H2,17,18,22). The van der Waals surface area contributed by atoms with Crippen molar-refractivity contribution in [2.75, 3.05) is 12.4 Å². The molecule has 11 heteroatoms. The van der Waals surface area contributed by atoms with Crippen molar-refractivity contribution in [3.05, 3.63) is 63.7 Å². The predicted molar refractivity (Wildman–Crippen MR) is 97.0 cm³/mol. The zero-order chi connectivity index (χ0) is 20.2. The SMILES string of the molecule is CNC(=O)Nc1ccc(S(=O)(=O)NC(=O)c2cc([N+](=O)[O-])ccc2C)cc1. The third-order valence-electron chi connectivity index (χ3n) is 3.55. The van der Waals surface area contributed by atoms with E-state index in [0.717, 1.165) is 6.07 Å². The van der Waals surface area contributed by atoms with E-state index < -0.39 is 26.9 Å². The van der Waals surface area contributed by atoms with Gasteiger partial charge in [0.05, 0.1) is 15.4 Å². The number of amides is 3. The van der Waals surface area contributed by atoms with Crippen LogP contribution in [0.5, 0.6) is 0 Å². The summed E-state index contributed by atoms with van der Waals surface area (Å²) in [6.45, 7) is 1.53. The highest BCUT2D eigenvalue weighted by Crippen LogP contribution is 2.19. The molecule has 0 saturated carbocycles. The molecule has 0 saturated heterocycles. The van der Waals surface area contributed by atoms with Crippen LogP contribution in [0.1, 0.15) is 15.9 Å². The van der Waals surface area contributed by atoms with Gasteiger partial charge in [0.25, 0.3) is 21.6 Å². The third-order valence-corrected chi connectivity index (χ3v) is 4.90. The molecular weight excluding hydrogens is 376 g/mol. The lowest BCUT2D eigenvalue weighted by atomic mass is 10.1. The fraction of sp³-hybridized carbons (Fsp3) is 0.125. The van der Waals surface area contributed by atoms with Gasteiger partial charge in [-0.25, -0.2) is 17.9 Å². The first-order chi connectivity index (χ1) is 12.6. The molecule has 142 valence electrons. The van der Waals surface area contributed by atoms with Crippen LogP contribution in [0.2, 0.25) is 0 Å². The second kappa shape index (κ2) is 7.83. The van der Waals surface area contributed by atoms with Crippen LogP contribution < -0.4 is 15.4 Å². The Labute approximate surface area is 154 Å². The Balaban J connectivity index is 2.23. The van der Waals surface area contributed by atoms with Crippen molar-refractivity contribution in [3.63, 3.8) is 0 Å². The number of nitrogens with one attached hydrogen (secondary N) is 3. The molecule has 0 spiro atoms. The number of rotatable bonds is 5. The van der Waals surface area contributed by atoms with E-state index in [0.29, 0.717) is 11.3 Å². The van der Waals surface area contributed by atoms with E-state index in [1.54, 1.807) is 0 Å². The zero-order valence-electron chi connectivity index (χ0n) is 14.3. The molecule has 2 aromatic carbocycles. The normalized spacial score (nSPS) is 10.7. The first-order valence-electron chi connectivity index (χ1n) is 7.55. The first-order valence-corrected chi connectivity index (χ1v) is 9.03. The Morgan fingerprint density at radius 2 is 1.70 bits per heavy atom. The highest BCUT2D eigenvalue weighted by molar-refractivity contribution is 7.90. The van der Waals surface area contributed by atoms with Gasteiger partial charge < -0.3 is 10.6 Å². The molecule has 2 rings (SSSR count). The van der Waals surface area contributed by atoms with E-state index in [1.165, 1.54) is 50.4 Å². The number of hydrogen-bond donors (Lipinski definition) is 3. The lowest BCUT2D eigenvalue weighted by Crippen LogP contribution is -2.31. The molecule has 0 aliphatic heterocycles. The maximum atomic E-state index is 12.4. The zero-order valence-corrected chi connectivity index (χ0v) is 15.2. The summed E-state index contributed by atoms with van der Waals surface area (Å²) in [4.78, 5) is 33.5. The number of urea groups is 1. The van der Waals surface area contributed by atoms with Gasteiger partial charge in [-0.2, -0.15) is 0 Å². The van der Waals surface area contributed by atoms with Crippen LogP contribution >= 0.6 is 0 Å². The van der Waals surface area contributed by atoms with Gasteiger partial charge in [-0.3, -0.25) is 14.9 Å². The molecule has 2 aromatic rings. The molecule has 0 bridgehead atoms. The number of sulfonamides is 1. The number of nitro groups is 1. The Morgan fingerprint density at radius 1 is 1.07 bits per heavy atom. The fourth-order valence-electron chi connectivity index (χ4n) is 2.12. The number of nitro benzene ring substituents is 1. The molecular formula is C16H16N4O6S. The van der Waals surface area contributed by atoms with Crippen molar-refractivity contribution in [1.82, 2.24) is 10.0 Å². The predicted octanol–water partition coefficient (Wildman–Crippen LogP) is 1.77. The van der Waals surface area contributed by atoms with Crippen molar-refractivity contribution in [2.24, 2.45) is 0 Å². The summed E-state index contributed by atoms with van der Waals surface area (Å²) >= 11 is 0. The lowest BCUT2D eigenvalue weighted by molar-refractivity contribution is -0.384. The third kappa shape index (κ3) is 4.79. The summed E-state index contributed by atoms with van der Waals surface area (Å²) in [5, 5.41) is 15.7. The van der Waals surface area contributed by atoms with E-state index in [4.69, 9.17) is 0 Å². The Bertz CT molecular complexity index is 1000. The summed E-state index contributed by atoms with van der Waals surface area (Å²) < 4.78 is 26.6. The minimum absolute atomic E-state index is 0.120. The largest absolute Gasteiger partial charge is 0.341 e. The second-order valence-corrected chi connectivity index (χ2v) is 7.10. The summed E-state index contributed by atoms with van der Waals surface area (Å²) in [6, 6.07) is 8.25. The first kappa shape index (κ1) is 19.8. The van der Waals surface area contributed by atoms with Crippen LogP contribution in [0.4, 0.5) is 16.2 Å². The van der Waals surface area contributed by atoms with Gasteiger partial charge in [-0.15, -0.1) is 0 Å². The van der Waals surface area contributed by atoms with Crippen molar-refractivity contribution < 1.29 is 22.9 Å². The van der Waals surface area contributed by atoms with Crippen LogP contribution in [0, 0.1) is 17.0 Å².